The maximum absolute atomic E-state index is 13.3. The van der Waals surface area contributed by atoms with E-state index in [4.69, 9.17) is 16.6 Å². The van der Waals surface area contributed by atoms with Gasteiger partial charge in [-0.2, -0.15) is 0 Å². The summed E-state index contributed by atoms with van der Waals surface area (Å²) in [6.45, 7) is 4.15. The predicted octanol–water partition coefficient (Wildman–Crippen LogP) is 6.27. The SMILES string of the molecule is Cc1cc2nc(C(=O)N[C@H]3CCCC[C@@H]3O)cc(-c3ccccc3Cl)c2c(C)c1-c1ccncc1. The third-order valence-corrected chi connectivity index (χ3v) is 7.29. The molecule has 0 radical (unpaired) electrons. The van der Waals surface area contributed by atoms with E-state index in [0.717, 1.165) is 63.5 Å². The summed E-state index contributed by atoms with van der Waals surface area (Å²) in [7, 11) is 0. The fourth-order valence-electron chi connectivity index (χ4n) is 5.25. The van der Waals surface area contributed by atoms with E-state index in [1.807, 2.05) is 48.5 Å². The quantitative estimate of drug-likeness (QED) is 0.357. The van der Waals surface area contributed by atoms with Gasteiger partial charge in [-0.15, -0.1) is 0 Å². The molecule has 1 aliphatic rings. The van der Waals surface area contributed by atoms with E-state index in [-0.39, 0.29) is 11.9 Å². The number of rotatable bonds is 4. The molecule has 5 nitrogen and oxygen atoms in total. The third-order valence-electron chi connectivity index (χ3n) is 6.96. The van der Waals surface area contributed by atoms with E-state index >= 15 is 0 Å². The minimum Gasteiger partial charge on any atom is -0.391 e. The minimum absolute atomic E-state index is 0.255. The summed E-state index contributed by atoms with van der Waals surface area (Å²) in [6, 6.07) is 15.3. The molecule has 2 atom stereocenters. The molecule has 35 heavy (non-hydrogen) atoms. The number of aliphatic hydroxyl groups excluding tert-OH is 1. The Balaban J connectivity index is 1.70. The second-order valence-electron chi connectivity index (χ2n) is 9.29. The van der Waals surface area contributed by atoms with E-state index in [1.54, 1.807) is 12.4 Å². The Labute approximate surface area is 210 Å². The van der Waals surface area contributed by atoms with Crippen LogP contribution in [0.15, 0.2) is 60.9 Å². The van der Waals surface area contributed by atoms with Gasteiger partial charge in [0.25, 0.3) is 5.91 Å². The Morgan fingerprint density at radius 2 is 1.77 bits per heavy atom. The molecule has 0 aliphatic heterocycles. The zero-order valence-electron chi connectivity index (χ0n) is 19.9. The zero-order chi connectivity index (χ0) is 24.5. The number of amides is 1. The first-order valence-electron chi connectivity index (χ1n) is 12.0. The number of nitrogens with zero attached hydrogens (tertiary/aromatic N) is 2. The molecule has 2 aromatic carbocycles. The monoisotopic (exact) mass is 485 g/mol. The Hall–Kier alpha value is -3.28. The lowest BCUT2D eigenvalue weighted by atomic mass is 9.89. The molecule has 2 aromatic heterocycles. The number of halogens is 1. The van der Waals surface area contributed by atoms with Gasteiger partial charge >= 0.3 is 0 Å². The maximum Gasteiger partial charge on any atom is 0.270 e. The standard InChI is InChI=1S/C29H28ClN3O2/c1-17-15-24-28(18(2)27(17)19-11-13-31-14-12-19)21(20-7-3-4-8-22(20)30)16-25(32-24)29(35)33-23-9-5-6-10-26(23)34/h3-4,7-8,11-16,23,26,34H,5-6,9-10H2,1-2H3,(H,33,35)/t23-,26-/m0/s1. The van der Waals surface area contributed by atoms with Crippen LogP contribution in [0.25, 0.3) is 33.2 Å². The van der Waals surface area contributed by atoms with Gasteiger partial charge in [0.15, 0.2) is 0 Å². The average Bonchev–Trinajstić information content (AvgIpc) is 2.85. The van der Waals surface area contributed by atoms with Crippen molar-refractivity contribution in [3.63, 3.8) is 0 Å². The molecule has 0 unspecified atom stereocenters. The topological polar surface area (TPSA) is 75.1 Å². The van der Waals surface area contributed by atoms with Gasteiger partial charge in [-0.1, -0.05) is 42.6 Å². The summed E-state index contributed by atoms with van der Waals surface area (Å²) in [5.74, 6) is -0.278. The smallest absolute Gasteiger partial charge is 0.270 e. The molecule has 6 heteroatoms. The molecular weight excluding hydrogens is 458 g/mol. The Morgan fingerprint density at radius 1 is 1.03 bits per heavy atom. The molecule has 1 amide bonds. The van der Waals surface area contributed by atoms with Gasteiger partial charge in [0, 0.05) is 28.4 Å². The van der Waals surface area contributed by atoms with Crippen LogP contribution in [0.5, 0.6) is 0 Å². The molecule has 4 aromatic rings. The highest BCUT2D eigenvalue weighted by Crippen LogP contribution is 2.40. The van der Waals surface area contributed by atoms with Gasteiger partial charge < -0.3 is 10.4 Å². The summed E-state index contributed by atoms with van der Waals surface area (Å²) in [6.07, 6.45) is 6.51. The Kier molecular flexibility index (Phi) is 6.54. The van der Waals surface area contributed by atoms with Gasteiger partial charge in [-0.3, -0.25) is 9.78 Å². The van der Waals surface area contributed by atoms with Crippen molar-refractivity contribution in [2.24, 2.45) is 0 Å². The van der Waals surface area contributed by atoms with Crippen molar-refractivity contribution >= 4 is 28.4 Å². The van der Waals surface area contributed by atoms with Crippen LogP contribution in [-0.2, 0) is 0 Å². The second kappa shape index (κ2) is 9.76. The molecule has 178 valence electrons. The zero-order valence-corrected chi connectivity index (χ0v) is 20.6. The number of carbonyl (C=O) groups excluding carboxylic acids is 1. The second-order valence-corrected chi connectivity index (χ2v) is 9.70. The van der Waals surface area contributed by atoms with Crippen molar-refractivity contribution in [3.8, 4) is 22.3 Å². The van der Waals surface area contributed by atoms with Crippen LogP contribution in [0.1, 0.15) is 47.3 Å². The number of fused-ring (bicyclic) bond motifs is 1. The van der Waals surface area contributed by atoms with Crippen LogP contribution in [0.4, 0.5) is 0 Å². The van der Waals surface area contributed by atoms with Gasteiger partial charge in [-0.25, -0.2) is 4.98 Å². The fourth-order valence-corrected chi connectivity index (χ4v) is 5.49. The largest absolute Gasteiger partial charge is 0.391 e. The van der Waals surface area contributed by atoms with Crippen LogP contribution in [0.3, 0.4) is 0 Å². The molecule has 5 rings (SSSR count). The minimum atomic E-state index is -0.524. The first kappa shape index (κ1) is 23.5. The number of hydrogen-bond acceptors (Lipinski definition) is 4. The molecular formula is C29H28ClN3O2. The van der Waals surface area contributed by atoms with Crippen molar-refractivity contribution < 1.29 is 9.90 Å². The lowest BCUT2D eigenvalue weighted by molar-refractivity contribution is 0.0714. The number of carbonyl (C=O) groups is 1. The lowest BCUT2D eigenvalue weighted by Crippen LogP contribution is -2.45. The molecule has 0 saturated heterocycles. The molecule has 2 heterocycles. The molecule has 1 fully saturated rings. The number of nitrogens with one attached hydrogen (secondary N) is 1. The van der Waals surface area contributed by atoms with E-state index in [1.165, 1.54) is 0 Å². The van der Waals surface area contributed by atoms with Gasteiger partial charge in [-0.05, 0) is 84.8 Å². The molecule has 0 bridgehead atoms. The lowest BCUT2D eigenvalue weighted by Gasteiger charge is -2.28. The summed E-state index contributed by atoms with van der Waals surface area (Å²) in [5.41, 5.74) is 7.11. The van der Waals surface area contributed by atoms with Crippen LogP contribution in [0.2, 0.25) is 5.02 Å². The molecule has 2 N–H and O–H groups in total. The number of aromatic nitrogens is 2. The maximum atomic E-state index is 13.3. The van der Waals surface area contributed by atoms with Crippen LogP contribution >= 0.6 is 11.6 Å². The van der Waals surface area contributed by atoms with Crippen molar-refractivity contribution in [1.29, 1.82) is 0 Å². The Bertz CT molecular complexity index is 1400. The number of pyridine rings is 2. The fraction of sp³-hybridized carbons (Fsp3) is 0.276. The van der Waals surface area contributed by atoms with Crippen molar-refractivity contribution in [2.45, 2.75) is 51.7 Å². The molecule has 1 aliphatic carbocycles. The average molecular weight is 486 g/mol. The van der Waals surface area contributed by atoms with E-state index < -0.39 is 6.10 Å². The van der Waals surface area contributed by atoms with Crippen molar-refractivity contribution in [3.05, 3.63) is 82.8 Å². The van der Waals surface area contributed by atoms with Gasteiger partial charge in [0.05, 0.1) is 17.7 Å². The highest BCUT2D eigenvalue weighted by atomic mass is 35.5. The van der Waals surface area contributed by atoms with E-state index in [2.05, 4.69) is 24.1 Å². The van der Waals surface area contributed by atoms with Gasteiger partial charge in [0.1, 0.15) is 5.69 Å². The predicted molar refractivity (Wildman–Crippen MR) is 141 cm³/mol. The van der Waals surface area contributed by atoms with Crippen LogP contribution in [0, 0.1) is 13.8 Å². The Morgan fingerprint density at radius 3 is 2.51 bits per heavy atom. The number of aliphatic hydroxyl groups is 1. The molecule has 0 spiro atoms. The summed E-state index contributed by atoms with van der Waals surface area (Å²) in [4.78, 5) is 22.3. The number of benzene rings is 2. The summed E-state index contributed by atoms with van der Waals surface area (Å²) >= 11 is 6.64. The van der Waals surface area contributed by atoms with E-state index in [0.29, 0.717) is 17.1 Å². The van der Waals surface area contributed by atoms with Crippen LogP contribution in [-0.4, -0.2) is 33.1 Å². The number of hydrogen-bond donors (Lipinski definition) is 2. The first-order chi connectivity index (χ1) is 16.9. The van der Waals surface area contributed by atoms with Gasteiger partial charge in [0.2, 0.25) is 0 Å². The first-order valence-corrected chi connectivity index (χ1v) is 12.4. The van der Waals surface area contributed by atoms with Crippen molar-refractivity contribution in [1.82, 2.24) is 15.3 Å². The van der Waals surface area contributed by atoms with E-state index in [9.17, 15) is 9.90 Å². The number of aryl methyl sites for hydroxylation is 2. The summed E-state index contributed by atoms with van der Waals surface area (Å²) < 4.78 is 0. The van der Waals surface area contributed by atoms with Crippen molar-refractivity contribution in [2.75, 3.05) is 0 Å². The highest BCUT2D eigenvalue weighted by Gasteiger charge is 2.26. The molecule has 1 saturated carbocycles. The third kappa shape index (κ3) is 4.54. The van der Waals surface area contributed by atoms with Crippen LogP contribution < -0.4 is 5.32 Å². The highest BCUT2D eigenvalue weighted by molar-refractivity contribution is 6.33. The summed E-state index contributed by atoms with van der Waals surface area (Å²) in [5, 5.41) is 15.0. The normalized spacial score (nSPS) is 17.9.